The fourth-order valence-electron chi connectivity index (χ4n) is 4.22. The molecule has 4 rings (SSSR count). The third-order valence-electron chi connectivity index (χ3n) is 5.81. The van der Waals surface area contributed by atoms with Gasteiger partial charge in [-0.2, -0.15) is 0 Å². The molecule has 0 aromatic carbocycles. The molecule has 12 nitrogen and oxygen atoms in total. The lowest BCUT2D eigenvalue weighted by molar-refractivity contribution is -0.0610. The zero-order valence-corrected chi connectivity index (χ0v) is 19.5. The number of anilines is 1. The first-order valence-electron chi connectivity index (χ1n) is 11.1. The van der Waals surface area contributed by atoms with Gasteiger partial charge in [0.1, 0.15) is 42.2 Å². The van der Waals surface area contributed by atoms with Crippen molar-refractivity contribution in [3.63, 3.8) is 0 Å². The van der Waals surface area contributed by atoms with Crippen LogP contribution in [0.1, 0.15) is 44.7 Å². The van der Waals surface area contributed by atoms with Crippen LogP contribution in [0.4, 0.5) is 5.82 Å². The van der Waals surface area contributed by atoms with E-state index >= 15 is 0 Å². The number of rotatable bonds is 7. The van der Waals surface area contributed by atoms with E-state index in [4.69, 9.17) is 19.3 Å². The van der Waals surface area contributed by atoms with E-state index in [1.54, 1.807) is 16.8 Å². The van der Waals surface area contributed by atoms with E-state index in [0.29, 0.717) is 16.9 Å². The maximum absolute atomic E-state index is 11.0. The minimum Gasteiger partial charge on any atom is -0.387 e. The molecule has 34 heavy (non-hydrogen) atoms. The van der Waals surface area contributed by atoms with Gasteiger partial charge in [-0.25, -0.2) is 9.97 Å². The standard InChI is InChI=1S/C21H29N4O8P/c1-12(26)6-7-16-23-19(22-13-4-2-3-5-13)14-8-9-25(20(14)24-16)21-18(28)17(27)15(33-21)10-32-11-34(29,30)31/h8-9,12-13,15,17-18,21,26-28H,2-5,10-11H2,1H3,(H,22,23,24)(H2,29,30,31)/t12-,15-,17-,18-,21-/m1/s1. The van der Waals surface area contributed by atoms with Crippen LogP contribution < -0.4 is 5.32 Å². The highest BCUT2D eigenvalue weighted by Gasteiger charge is 2.44. The van der Waals surface area contributed by atoms with Crippen LogP contribution in [-0.4, -0.2) is 83.1 Å². The molecule has 0 radical (unpaired) electrons. The van der Waals surface area contributed by atoms with Crippen molar-refractivity contribution in [1.29, 1.82) is 0 Å². The summed E-state index contributed by atoms with van der Waals surface area (Å²) in [5, 5.41) is 34.7. The molecular weight excluding hydrogens is 467 g/mol. The van der Waals surface area contributed by atoms with Gasteiger partial charge in [-0.15, -0.1) is 0 Å². The fraction of sp³-hybridized carbons (Fsp3) is 0.619. The van der Waals surface area contributed by atoms with E-state index in [1.165, 1.54) is 6.92 Å². The molecule has 0 spiro atoms. The van der Waals surface area contributed by atoms with Crippen LogP contribution >= 0.6 is 7.60 Å². The molecule has 1 saturated carbocycles. The number of nitrogens with zero attached hydrogens (tertiary/aromatic N) is 3. The molecule has 0 bridgehead atoms. The Hall–Kier alpha value is -2.07. The van der Waals surface area contributed by atoms with Gasteiger partial charge in [0.05, 0.1) is 12.0 Å². The van der Waals surface area contributed by atoms with Gasteiger partial charge >= 0.3 is 7.60 Å². The second-order valence-corrected chi connectivity index (χ2v) is 10.2. The number of ether oxygens (including phenoxy) is 2. The molecule has 0 amide bonds. The van der Waals surface area contributed by atoms with Crippen LogP contribution in [0.25, 0.3) is 11.0 Å². The lowest BCUT2D eigenvalue weighted by Gasteiger charge is -2.18. The highest BCUT2D eigenvalue weighted by Crippen LogP contribution is 2.36. The van der Waals surface area contributed by atoms with Crippen LogP contribution in [0.3, 0.4) is 0 Å². The second-order valence-electron chi connectivity index (χ2n) is 8.64. The van der Waals surface area contributed by atoms with Gasteiger partial charge in [-0.3, -0.25) is 4.57 Å². The van der Waals surface area contributed by atoms with Gasteiger partial charge in [0.25, 0.3) is 0 Å². The third-order valence-corrected chi connectivity index (χ3v) is 6.33. The van der Waals surface area contributed by atoms with Crippen molar-refractivity contribution < 1.29 is 39.1 Å². The summed E-state index contributed by atoms with van der Waals surface area (Å²) in [5.41, 5.74) is 0.415. The SMILES string of the molecule is C[C@@H](O)C#Cc1nc(NC2CCCC2)c2ccn([C@@H]3O[C@H](COCP(=O)(O)O)[C@@H](O)[C@H]3O)c2n1. The molecule has 6 N–H and O–H groups in total. The Balaban J connectivity index is 1.63. The maximum Gasteiger partial charge on any atom is 0.350 e. The van der Waals surface area contributed by atoms with E-state index in [1.807, 2.05) is 0 Å². The van der Waals surface area contributed by atoms with Crippen molar-refractivity contribution in [3.8, 4) is 11.8 Å². The average molecular weight is 496 g/mol. The summed E-state index contributed by atoms with van der Waals surface area (Å²) >= 11 is 0. The Bertz CT molecular complexity index is 1120. The second kappa shape index (κ2) is 10.3. The predicted octanol–water partition coefficient (Wildman–Crippen LogP) is 0.289. The molecule has 1 aliphatic carbocycles. The lowest BCUT2D eigenvalue weighted by Crippen LogP contribution is -2.33. The molecule has 1 saturated heterocycles. The van der Waals surface area contributed by atoms with Crippen molar-refractivity contribution in [1.82, 2.24) is 14.5 Å². The van der Waals surface area contributed by atoms with E-state index < -0.39 is 44.6 Å². The van der Waals surface area contributed by atoms with Crippen molar-refractivity contribution in [2.24, 2.45) is 0 Å². The highest BCUT2D eigenvalue weighted by molar-refractivity contribution is 7.51. The van der Waals surface area contributed by atoms with Crippen LogP contribution in [0, 0.1) is 11.8 Å². The normalized spacial score (nSPS) is 26.5. The molecule has 0 unspecified atom stereocenters. The lowest BCUT2D eigenvalue weighted by atomic mass is 10.1. The van der Waals surface area contributed by atoms with E-state index in [-0.39, 0.29) is 18.5 Å². The van der Waals surface area contributed by atoms with Gasteiger partial charge in [0.15, 0.2) is 6.23 Å². The van der Waals surface area contributed by atoms with Gasteiger partial charge in [0.2, 0.25) is 5.82 Å². The Labute approximate surface area is 196 Å². The van der Waals surface area contributed by atoms with E-state index in [0.717, 1.165) is 25.7 Å². The first kappa shape index (κ1) is 25.0. The molecule has 186 valence electrons. The quantitative estimate of drug-likeness (QED) is 0.229. The van der Waals surface area contributed by atoms with E-state index in [2.05, 4.69) is 27.1 Å². The molecule has 5 atom stereocenters. The minimum atomic E-state index is -4.37. The van der Waals surface area contributed by atoms with Gasteiger partial charge < -0.3 is 44.5 Å². The number of aromatic nitrogens is 3. The number of hydrogen-bond acceptors (Lipinski definition) is 9. The number of aliphatic hydroxyl groups is 3. The summed E-state index contributed by atoms with van der Waals surface area (Å²) in [4.78, 5) is 26.9. The van der Waals surface area contributed by atoms with Gasteiger partial charge in [-0.05, 0) is 31.8 Å². The molecule has 2 aromatic rings. The zero-order chi connectivity index (χ0) is 24.5. The average Bonchev–Trinajstić information content (AvgIpc) is 3.48. The fourth-order valence-corrected chi connectivity index (χ4v) is 4.56. The highest BCUT2D eigenvalue weighted by atomic mass is 31.2. The van der Waals surface area contributed by atoms with Gasteiger partial charge in [-0.1, -0.05) is 18.8 Å². The first-order chi connectivity index (χ1) is 16.1. The summed E-state index contributed by atoms with van der Waals surface area (Å²) in [6.45, 7) is 1.22. The Morgan fingerprint density at radius 3 is 2.71 bits per heavy atom. The topological polar surface area (TPSA) is 179 Å². The van der Waals surface area contributed by atoms with Crippen molar-refractivity contribution in [3.05, 3.63) is 18.1 Å². The van der Waals surface area contributed by atoms with Crippen LogP contribution in [0.5, 0.6) is 0 Å². The Kier molecular flexibility index (Phi) is 7.57. The first-order valence-corrected chi connectivity index (χ1v) is 12.9. The minimum absolute atomic E-state index is 0.184. The number of aliphatic hydroxyl groups excluding tert-OH is 3. The van der Waals surface area contributed by atoms with Crippen LogP contribution in [-0.2, 0) is 14.0 Å². The van der Waals surface area contributed by atoms with Crippen LogP contribution in [0.15, 0.2) is 12.3 Å². The largest absolute Gasteiger partial charge is 0.387 e. The van der Waals surface area contributed by atoms with E-state index in [9.17, 15) is 19.9 Å². The summed E-state index contributed by atoms with van der Waals surface area (Å²) in [6.07, 6.45) is -0.423. The summed E-state index contributed by atoms with van der Waals surface area (Å²) in [6, 6.07) is 2.04. The smallest absolute Gasteiger partial charge is 0.350 e. The van der Waals surface area contributed by atoms with Crippen LogP contribution in [0.2, 0.25) is 0 Å². The summed E-state index contributed by atoms with van der Waals surface area (Å²) < 4.78 is 23.3. The van der Waals surface area contributed by atoms with Gasteiger partial charge in [0, 0.05) is 12.2 Å². The summed E-state index contributed by atoms with van der Waals surface area (Å²) in [5.74, 6) is 6.15. The Morgan fingerprint density at radius 2 is 2.03 bits per heavy atom. The number of hydrogen-bond donors (Lipinski definition) is 6. The van der Waals surface area contributed by atoms with Crippen molar-refractivity contribution >= 4 is 24.4 Å². The molecule has 2 fully saturated rings. The van der Waals surface area contributed by atoms with Crippen molar-refractivity contribution in [2.75, 3.05) is 18.3 Å². The maximum atomic E-state index is 11.0. The third kappa shape index (κ3) is 5.76. The zero-order valence-electron chi connectivity index (χ0n) is 18.6. The molecule has 2 aliphatic rings. The molecular formula is C21H29N4O8P. The number of fused-ring (bicyclic) bond motifs is 1. The van der Waals surface area contributed by atoms with Crippen molar-refractivity contribution in [2.45, 2.75) is 69.3 Å². The Morgan fingerprint density at radius 1 is 1.29 bits per heavy atom. The molecule has 2 aromatic heterocycles. The summed E-state index contributed by atoms with van der Waals surface area (Å²) in [7, 11) is -4.37. The monoisotopic (exact) mass is 496 g/mol. The molecule has 13 heteroatoms. The molecule has 1 aliphatic heterocycles. The predicted molar refractivity (Wildman–Crippen MR) is 121 cm³/mol. The molecule has 3 heterocycles. The number of nitrogens with one attached hydrogen (secondary N) is 1.